The second kappa shape index (κ2) is 12.0. The monoisotopic (exact) mass is 527 g/mol. The van der Waals surface area contributed by atoms with Crippen LogP contribution < -0.4 is 15.0 Å². The maximum atomic E-state index is 13.0. The fourth-order valence-electron chi connectivity index (χ4n) is 3.69. The van der Waals surface area contributed by atoms with Gasteiger partial charge < -0.3 is 15.0 Å². The molecular weight excluding hydrogens is 505 g/mol. The van der Waals surface area contributed by atoms with Gasteiger partial charge in [0.25, 0.3) is 0 Å². The van der Waals surface area contributed by atoms with E-state index in [-0.39, 0.29) is 18.2 Å². The predicted octanol–water partition coefficient (Wildman–Crippen LogP) is 6.28. The number of rotatable bonds is 10. The SMILES string of the molecule is CNC(=O)C(c1ccc(Cl)cc1)N(CCCc1ccc(C(F)(F)F)nc1)c1cccc(OC(F)F)c1. The van der Waals surface area contributed by atoms with Crippen LogP contribution in [0.4, 0.5) is 27.6 Å². The minimum absolute atomic E-state index is 0.0776. The summed E-state index contributed by atoms with van der Waals surface area (Å²) in [7, 11) is 1.48. The van der Waals surface area contributed by atoms with Gasteiger partial charge in [-0.05, 0) is 54.3 Å². The average Bonchev–Trinajstić information content (AvgIpc) is 2.83. The molecule has 0 aliphatic rings. The molecule has 1 aromatic heterocycles. The zero-order valence-corrected chi connectivity index (χ0v) is 19.9. The second-order valence-corrected chi connectivity index (χ2v) is 8.23. The van der Waals surface area contributed by atoms with E-state index in [2.05, 4.69) is 15.0 Å². The van der Waals surface area contributed by atoms with Gasteiger partial charge in [0.1, 0.15) is 17.5 Å². The molecule has 0 radical (unpaired) electrons. The van der Waals surface area contributed by atoms with Crippen molar-refractivity contribution in [2.24, 2.45) is 0 Å². The van der Waals surface area contributed by atoms with Crippen LogP contribution in [0.5, 0.6) is 5.75 Å². The second-order valence-electron chi connectivity index (χ2n) is 7.79. The Morgan fingerprint density at radius 3 is 2.42 bits per heavy atom. The molecule has 2 aromatic carbocycles. The lowest BCUT2D eigenvalue weighted by molar-refractivity contribution is -0.141. The van der Waals surface area contributed by atoms with Gasteiger partial charge in [-0.1, -0.05) is 35.9 Å². The number of aromatic nitrogens is 1. The van der Waals surface area contributed by atoms with Gasteiger partial charge >= 0.3 is 12.8 Å². The van der Waals surface area contributed by atoms with Crippen LogP contribution in [0.2, 0.25) is 5.02 Å². The summed E-state index contributed by atoms with van der Waals surface area (Å²) in [5.41, 5.74) is 0.657. The number of ether oxygens (including phenoxy) is 1. The van der Waals surface area contributed by atoms with Crippen molar-refractivity contribution in [3.8, 4) is 5.75 Å². The molecule has 1 N–H and O–H groups in total. The lowest BCUT2D eigenvalue weighted by atomic mass is 10.0. The van der Waals surface area contributed by atoms with E-state index in [9.17, 15) is 26.7 Å². The largest absolute Gasteiger partial charge is 0.435 e. The van der Waals surface area contributed by atoms with E-state index in [1.807, 2.05) is 0 Å². The van der Waals surface area contributed by atoms with Gasteiger partial charge in [0.05, 0.1) is 0 Å². The van der Waals surface area contributed by atoms with Gasteiger partial charge in [-0.3, -0.25) is 9.78 Å². The van der Waals surface area contributed by atoms with Crippen LogP contribution >= 0.6 is 11.6 Å². The van der Waals surface area contributed by atoms with Gasteiger partial charge in [-0.15, -0.1) is 0 Å². The maximum Gasteiger partial charge on any atom is 0.433 e. The number of nitrogens with one attached hydrogen (secondary N) is 1. The van der Waals surface area contributed by atoms with Crippen molar-refractivity contribution < 1.29 is 31.5 Å². The first-order valence-corrected chi connectivity index (χ1v) is 11.3. The topological polar surface area (TPSA) is 54.5 Å². The Balaban J connectivity index is 1.90. The number of carbonyl (C=O) groups is 1. The molecule has 5 nitrogen and oxygen atoms in total. The molecule has 0 fully saturated rings. The molecule has 192 valence electrons. The van der Waals surface area contributed by atoms with Crippen LogP contribution in [0, 0.1) is 0 Å². The number of benzene rings is 2. The number of alkyl halides is 5. The van der Waals surface area contributed by atoms with E-state index in [0.29, 0.717) is 34.7 Å². The minimum atomic E-state index is -4.53. The molecule has 0 saturated carbocycles. The number of carbonyl (C=O) groups excluding carboxylic acids is 1. The van der Waals surface area contributed by atoms with Crippen LogP contribution in [-0.2, 0) is 17.4 Å². The van der Waals surface area contributed by atoms with Gasteiger partial charge in [-0.2, -0.15) is 22.0 Å². The number of halogens is 6. The van der Waals surface area contributed by atoms with Crippen molar-refractivity contribution in [3.63, 3.8) is 0 Å². The van der Waals surface area contributed by atoms with E-state index >= 15 is 0 Å². The number of pyridine rings is 1. The standard InChI is InChI=1S/C25H23ClF5N3O2/c1-32-23(35)22(17-8-10-18(26)11-9-17)34(19-5-2-6-20(14-19)36-24(27)28)13-3-4-16-7-12-21(33-15-16)25(29,30)31/h2,5-12,14-15,22,24H,3-4,13H2,1H3,(H,32,35). The maximum absolute atomic E-state index is 13.0. The van der Waals surface area contributed by atoms with Gasteiger partial charge in [0, 0.05) is 36.6 Å². The molecule has 1 unspecified atom stereocenters. The highest BCUT2D eigenvalue weighted by atomic mass is 35.5. The molecule has 1 amide bonds. The Hall–Kier alpha value is -3.40. The molecule has 0 aliphatic carbocycles. The zero-order valence-electron chi connectivity index (χ0n) is 19.1. The molecule has 3 rings (SSSR count). The third-order valence-electron chi connectivity index (χ3n) is 5.35. The molecule has 3 aromatic rings. The molecule has 0 spiro atoms. The lowest BCUT2D eigenvalue weighted by Crippen LogP contribution is -2.40. The van der Waals surface area contributed by atoms with E-state index < -0.39 is 24.5 Å². The van der Waals surface area contributed by atoms with Crippen LogP contribution in [0.25, 0.3) is 0 Å². The van der Waals surface area contributed by atoms with Gasteiger partial charge in [0.2, 0.25) is 5.91 Å². The van der Waals surface area contributed by atoms with Crippen molar-refractivity contribution in [2.45, 2.75) is 31.7 Å². The highest BCUT2D eigenvalue weighted by Crippen LogP contribution is 2.32. The van der Waals surface area contributed by atoms with Crippen molar-refractivity contribution in [2.75, 3.05) is 18.5 Å². The molecule has 36 heavy (non-hydrogen) atoms. The molecule has 0 saturated heterocycles. The number of nitrogens with zero attached hydrogens (tertiary/aromatic N) is 2. The fourth-order valence-corrected chi connectivity index (χ4v) is 3.82. The van der Waals surface area contributed by atoms with E-state index in [1.165, 1.54) is 37.5 Å². The Labute approximate surface area is 209 Å². The number of likely N-dealkylation sites (N-methyl/N-ethyl adjacent to an activating group) is 1. The summed E-state index contributed by atoms with van der Waals surface area (Å²) in [6.45, 7) is -2.76. The highest BCUT2D eigenvalue weighted by Gasteiger charge is 2.32. The predicted molar refractivity (Wildman–Crippen MR) is 126 cm³/mol. The van der Waals surface area contributed by atoms with Crippen LogP contribution in [0.15, 0.2) is 66.9 Å². The van der Waals surface area contributed by atoms with Crippen LogP contribution in [0.3, 0.4) is 0 Å². The summed E-state index contributed by atoms with van der Waals surface area (Å²) in [6, 6.07) is 14.0. The third kappa shape index (κ3) is 7.30. The van der Waals surface area contributed by atoms with Gasteiger partial charge in [0.15, 0.2) is 0 Å². The van der Waals surface area contributed by atoms with E-state index in [4.69, 9.17) is 11.6 Å². The Kier molecular flexibility index (Phi) is 9.08. The first kappa shape index (κ1) is 27.2. The summed E-state index contributed by atoms with van der Waals surface area (Å²) >= 11 is 6.01. The summed E-state index contributed by atoms with van der Waals surface area (Å²) in [5.74, 6) is -0.431. The zero-order chi connectivity index (χ0) is 26.3. The average molecular weight is 528 g/mol. The molecule has 1 atom stereocenters. The van der Waals surface area contributed by atoms with Crippen molar-refractivity contribution in [1.29, 1.82) is 0 Å². The van der Waals surface area contributed by atoms with Crippen LogP contribution in [0.1, 0.15) is 29.3 Å². The van der Waals surface area contributed by atoms with Gasteiger partial charge in [-0.25, -0.2) is 0 Å². The fraction of sp³-hybridized carbons (Fsp3) is 0.280. The minimum Gasteiger partial charge on any atom is -0.435 e. The number of hydrogen-bond donors (Lipinski definition) is 1. The highest BCUT2D eigenvalue weighted by molar-refractivity contribution is 6.30. The number of aryl methyl sites for hydroxylation is 1. The quantitative estimate of drug-likeness (QED) is 0.315. The Bertz CT molecular complexity index is 1140. The lowest BCUT2D eigenvalue weighted by Gasteiger charge is -2.33. The summed E-state index contributed by atoms with van der Waals surface area (Å²) in [4.78, 5) is 18.2. The summed E-state index contributed by atoms with van der Waals surface area (Å²) in [6.07, 6.45) is -2.57. The number of anilines is 1. The molecule has 1 heterocycles. The Morgan fingerprint density at radius 1 is 1.11 bits per heavy atom. The number of amides is 1. The number of hydrogen-bond acceptors (Lipinski definition) is 4. The molecule has 0 aliphatic heterocycles. The summed E-state index contributed by atoms with van der Waals surface area (Å²) < 4.78 is 68.5. The van der Waals surface area contributed by atoms with E-state index in [0.717, 1.165) is 6.07 Å². The van der Waals surface area contributed by atoms with Crippen LogP contribution in [-0.4, -0.2) is 31.1 Å². The normalized spacial score (nSPS) is 12.3. The van der Waals surface area contributed by atoms with Crippen molar-refractivity contribution >= 4 is 23.2 Å². The molecular formula is C25H23ClF5N3O2. The summed E-state index contributed by atoms with van der Waals surface area (Å²) in [5, 5.41) is 3.10. The van der Waals surface area contributed by atoms with E-state index in [1.54, 1.807) is 35.2 Å². The third-order valence-corrected chi connectivity index (χ3v) is 5.60. The first-order valence-electron chi connectivity index (χ1n) is 10.9. The first-order chi connectivity index (χ1) is 17.1. The Morgan fingerprint density at radius 2 is 1.83 bits per heavy atom. The van der Waals surface area contributed by atoms with Crippen molar-refractivity contribution in [3.05, 3.63) is 88.7 Å². The molecule has 0 bridgehead atoms. The smallest absolute Gasteiger partial charge is 0.433 e. The molecule has 11 heteroatoms. The van der Waals surface area contributed by atoms with Crippen molar-refractivity contribution in [1.82, 2.24) is 10.3 Å².